The molecule has 1 aliphatic rings. The van der Waals surface area contributed by atoms with Crippen molar-refractivity contribution < 1.29 is 4.74 Å². The van der Waals surface area contributed by atoms with Gasteiger partial charge >= 0.3 is 0 Å². The van der Waals surface area contributed by atoms with Crippen LogP contribution in [0.25, 0.3) is 0 Å². The lowest BCUT2D eigenvalue weighted by atomic mass is 9.75. The summed E-state index contributed by atoms with van der Waals surface area (Å²) in [5.74, 6) is 2.17. The van der Waals surface area contributed by atoms with E-state index in [1.165, 1.54) is 19.0 Å². The molecule has 0 bridgehead atoms. The fraction of sp³-hybridized carbons (Fsp3) is 0.667. The molecule has 0 saturated heterocycles. The quantitative estimate of drug-likeness (QED) is 0.836. The van der Waals surface area contributed by atoms with Crippen molar-refractivity contribution in [3.8, 4) is 11.9 Å². The van der Waals surface area contributed by atoms with Crippen molar-refractivity contribution in [2.45, 2.75) is 46.1 Å². The number of rotatable bonds is 3. The molecule has 0 aromatic carbocycles. The maximum absolute atomic E-state index is 9.08. The summed E-state index contributed by atoms with van der Waals surface area (Å²) in [6.45, 7) is 6.73. The Bertz CT molecular complexity index is 467. The number of ether oxygens (including phenoxy) is 1. The molecule has 1 saturated carbocycles. The Labute approximate surface area is 114 Å². The Balaban J connectivity index is 2.17. The van der Waals surface area contributed by atoms with E-state index in [0.29, 0.717) is 29.2 Å². The van der Waals surface area contributed by atoms with Crippen molar-refractivity contribution in [1.29, 1.82) is 5.26 Å². The van der Waals surface area contributed by atoms with Crippen molar-refractivity contribution >= 4 is 0 Å². The Morgan fingerprint density at radius 3 is 2.89 bits per heavy atom. The summed E-state index contributed by atoms with van der Waals surface area (Å²) in [5.41, 5.74) is 0.468. The highest BCUT2D eigenvalue weighted by Crippen LogP contribution is 2.35. The standard InChI is InChI=1S/C15H21N3O/c1-10(2)13-5-4-11(3)8-14(13)19-15-12(9-16)6-7-17-18-15/h6-7,10-11,13-14H,4-5,8H2,1-3H3. The van der Waals surface area contributed by atoms with Crippen molar-refractivity contribution in [3.63, 3.8) is 0 Å². The summed E-state index contributed by atoms with van der Waals surface area (Å²) < 4.78 is 6.03. The van der Waals surface area contributed by atoms with E-state index >= 15 is 0 Å². The van der Waals surface area contributed by atoms with Crippen LogP contribution < -0.4 is 4.74 Å². The number of hydrogen-bond acceptors (Lipinski definition) is 4. The van der Waals surface area contributed by atoms with E-state index in [1.807, 2.05) is 0 Å². The van der Waals surface area contributed by atoms with Gasteiger partial charge in [0.2, 0.25) is 0 Å². The molecule has 1 fully saturated rings. The van der Waals surface area contributed by atoms with Crippen LogP contribution in [0.1, 0.15) is 45.6 Å². The fourth-order valence-corrected chi connectivity index (χ4v) is 2.88. The van der Waals surface area contributed by atoms with Gasteiger partial charge in [0.1, 0.15) is 17.7 Å². The maximum Gasteiger partial charge on any atom is 0.251 e. The monoisotopic (exact) mass is 259 g/mol. The van der Waals surface area contributed by atoms with E-state index in [2.05, 4.69) is 37.0 Å². The number of hydrogen-bond donors (Lipinski definition) is 0. The SMILES string of the molecule is CC1CCC(C(C)C)C(Oc2nnccc2C#N)C1. The van der Waals surface area contributed by atoms with Gasteiger partial charge in [-0.15, -0.1) is 5.10 Å². The van der Waals surface area contributed by atoms with Gasteiger partial charge in [0.15, 0.2) is 0 Å². The van der Waals surface area contributed by atoms with E-state index in [-0.39, 0.29) is 6.10 Å². The number of nitrogens with zero attached hydrogens (tertiary/aromatic N) is 3. The smallest absolute Gasteiger partial charge is 0.251 e. The van der Waals surface area contributed by atoms with Gasteiger partial charge in [-0.2, -0.15) is 10.4 Å². The van der Waals surface area contributed by atoms with Crippen LogP contribution in [0.15, 0.2) is 12.3 Å². The maximum atomic E-state index is 9.08. The third-order valence-corrected chi connectivity index (χ3v) is 4.03. The first-order valence-corrected chi connectivity index (χ1v) is 7.00. The summed E-state index contributed by atoms with van der Waals surface area (Å²) in [7, 11) is 0. The molecule has 1 aromatic rings. The van der Waals surface area contributed by atoms with E-state index in [1.54, 1.807) is 6.07 Å². The average molecular weight is 259 g/mol. The van der Waals surface area contributed by atoms with E-state index < -0.39 is 0 Å². The van der Waals surface area contributed by atoms with Crippen molar-refractivity contribution in [2.24, 2.45) is 17.8 Å². The third-order valence-electron chi connectivity index (χ3n) is 4.03. The molecule has 0 amide bonds. The Kier molecular flexibility index (Phi) is 4.36. The second-order valence-corrected chi connectivity index (χ2v) is 5.84. The molecule has 0 N–H and O–H groups in total. The van der Waals surface area contributed by atoms with Crippen molar-refractivity contribution in [1.82, 2.24) is 10.2 Å². The largest absolute Gasteiger partial charge is 0.472 e. The lowest BCUT2D eigenvalue weighted by Crippen LogP contribution is -2.36. The van der Waals surface area contributed by atoms with Gasteiger partial charge in [-0.1, -0.05) is 27.2 Å². The fourth-order valence-electron chi connectivity index (χ4n) is 2.88. The van der Waals surface area contributed by atoms with Gasteiger partial charge in [-0.05, 0) is 36.7 Å². The zero-order valence-corrected chi connectivity index (χ0v) is 11.8. The first-order valence-electron chi connectivity index (χ1n) is 7.00. The molecule has 0 aliphatic heterocycles. The van der Waals surface area contributed by atoms with E-state index in [0.717, 1.165) is 6.42 Å². The van der Waals surface area contributed by atoms with E-state index in [9.17, 15) is 0 Å². The Hall–Kier alpha value is -1.63. The van der Waals surface area contributed by atoms with Gasteiger partial charge in [-0.3, -0.25) is 0 Å². The summed E-state index contributed by atoms with van der Waals surface area (Å²) in [6, 6.07) is 3.76. The van der Waals surface area contributed by atoms with Gasteiger partial charge in [0, 0.05) is 0 Å². The van der Waals surface area contributed by atoms with Crippen LogP contribution in [0.4, 0.5) is 0 Å². The van der Waals surface area contributed by atoms with Gasteiger partial charge in [0.25, 0.3) is 5.88 Å². The van der Waals surface area contributed by atoms with Crippen LogP contribution in [0.5, 0.6) is 5.88 Å². The second-order valence-electron chi connectivity index (χ2n) is 5.84. The summed E-state index contributed by atoms with van der Waals surface area (Å²) in [6.07, 6.45) is 5.14. The molecule has 4 heteroatoms. The molecule has 3 atom stereocenters. The minimum absolute atomic E-state index is 0.146. The first kappa shape index (κ1) is 13.8. The molecule has 19 heavy (non-hydrogen) atoms. The predicted octanol–water partition coefficient (Wildman–Crippen LogP) is 3.19. The first-order chi connectivity index (χ1) is 9.11. The van der Waals surface area contributed by atoms with Crippen LogP contribution in [-0.4, -0.2) is 16.3 Å². The number of aromatic nitrogens is 2. The Morgan fingerprint density at radius 1 is 1.42 bits per heavy atom. The highest BCUT2D eigenvalue weighted by atomic mass is 16.5. The molecule has 3 unspecified atom stereocenters. The van der Waals surface area contributed by atoms with Gasteiger partial charge < -0.3 is 4.74 Å². The molecular formula is C15H21N3O. The van der Waals surface area contributed by atoms with Crippen LogP contribution in [0.2, 0.25) is 0 Å². The summed E-state index contributed by atoms with van der Waals surface area (Å²) >= 11 is 0. The zero-order valence-electron chi connectivity index (χ0n) is 11.8. The molecule has 102 valence electrons. The molecular weight excluding hydrogens is 238 g/mol. The van der Waals surface area contributed by atoms with Crippen molar-refractivity contribution in [3.05, 3.63) is 17.8 Å². The lowest BCUT2D eigenvalue weighted by Gasteiger charge is -2.36. The molecule has 0 spiro atoms. The zero-order chi connectivity index (χ0) is 13.8. The molecule has 1 aromatic heterocycles. The normalized spacial score (nSPS) is 27.0. The molecule has 4 nitrogen and oxygen atoms in total. The summed E-state index contributed by atoms with van der Waals surface area (Å²) in [4.78, 5) is 0. The highest BCUT2D eigenvalue weighted by molar-refractivity contribution is 5.35. The summed E-state index contributed by atoms with van der Waals surface area (Å²) in [5, 5.41) is 16.9. The second kappa shape index (κ2) is 6.01. The van der Waals surface area contributed by atoms with Crippen molar-refractivity contribution in [2.75, 3.05) is 0 Å². The Morgan fingerprint density at radius 2 is 2.21 bits per heavy atom. The van der Waals surface area contributed by atoms with Crippen LogP contribution in [0.3, 0.4) is 0 Å². The van der Waals surface area contributed by atoms with E-state index in [4.69, 9.17) is 10.00 Å². The van der Waals surface area contributed by atoms with Crippen LogP contribution in [0, 0.1) is 29.1 Å². The van der Waals surface area contributed by atoms with Gasteiger partial charge in [0.05, 0.1) is 6.20 Å². The minimum atomic E-state index is 0.146. The molecule has 1 aliphatic carbocycles. The number of nitriles is 1. The molecule has 2 rings (SSSR count). The lowest BCUT2D eigenvalue weighted by molar-refractivity contribution is 0.0417. The highest BCUT2D eigenvalue weighted by Gasteiger charge is 2.33. The molecule has 1 heterocycles. The average Bonchev–Trinajstić information content (AvgIpc) is 2.39. The van der Waals surface area contributed by atoms with Crippen LogP contribution >= 0.6 is 0 Å². The topological polar surface area (TPSA) is 58.8 Å². The third kappa shape index (κ3) is 3.23. The molecule has 0 radical (unpaired) electrons. The predicted molar refractivity (Wildman–Crippen MR) is 72.5 cm³/mol. The van der Waals surface area contributed by atoms with Crippen LogP contribution in [-0.2, 0) is 0 Å². The minimum Gasteiger partial charge on any atom is -0.472 e. The van der Waals surface area contributed by atoms with Gasteiger partial charge in [-0.25, -0.2) is 0 Å².